The second kappa shape index (κ2) is 9.91. The van der Waals surface area contributed by atoms with Crippen LogP contribution in [0.3, 0.4) is 0 Å². The maximum absolute atomic E-state index is 15.2. The lowest BCUT2D eigenvalue weighted by Gasteiger charge is -2.12. The summed E-state index contributed by atoms with van der Waals surface area (Å²) in [4.78, 5) is 24.4. The van der Waals surface area contributed by atoms with E-state index < -0.39 is 38.7 Å². The van der Waals surface area contributed by atoms with Gasteiger partial charge in [-0.25, -0.2) is 27.2 Å². The Bertz CT molecular complexity index is 1610. The summed E-state index contributed by atoms with van der Waals surface area (Å²) in [6, 6.07) is 6.51. The molecule has 4 aromatic rings. The number of sulfonamides is 1. The number of hydrogen-bond acceptors (Lipinski definition) is 9. The molecule has 36 heavy (non-hydrogen) atoms. The van der Waals surface area contributed by atoms with E-state index >= 15 is 4.39 Å². The van der Waals surface area contributed by atoms with Crippen LogP contribution in [0.25, 0.3) is 11.0 Å². The molecule has 0 aliphatic rings. The maximum atomic E-state index is 15.2. The van der Waals surface area contributed by atoms with E-state index in [9.17, 15) is 17.6 Å². The molecule has 0 atom stereocenters. The number of hydrogen-bond donors (Lipinski definition) is 4. The van der Waals surface area contributed by atoms with Crippen molar-refractivity contribution in [3.05, 3.63) is 65.6 Å². The van der Waals surface area contributed by atoms with Gasteiger partial charge in [0.05, 0.1) is 33.6 Å². The largest absolute Gasteiger partial charge is 0.397 e. The van der Waals surface area contributed by atoms with E-state index in [4.69, 9.17) is 18.2 Å². The number of H-pyrrole nitrogens is 1. The average molecular weight is 532 g/mol. The van der Waals surface area contributed by atoms with Crippen LogP contribution in [0, 0.1) is 11.6 Å². The fourth-order valence-corrected chi connectivity index (χ4v) is 4.83. The Labute approximate surface area is 209 Å². The highest BCUT2D eigenvalue weighted by Gasteiger charge is 2.27. The van der Waals surface area contributed by atoms with Crippen LogP contribution in [0.1, 0.15) is 29.3 Å². The quantitative estimate of drug-likeness (QED) is 0.184. The minimum Gasteiger partial charge on any atom is -0.397 e. The number of nitrogens with two attached hydrogens (primary N) is 1. The molecule has 4 rings (SSSR count). The third kappa shape index (κ3) is 4.85. The zero-order chi connectivity index (χ0) is 26.0. The van der Waals surface area contributed by atoms with E-state index in [1.807, 2.05) is 0 Å². The number of halogens is 2. The predicted molar refractivity (Wildman–Crippen MR) is 135 cm³/mol. The Balaban J connectivity index is 1.78. The van der Waals surface area contributed by atoms with Gasteiger partial charge in [-0.1, -0.05) is 6.92 Å². The minimum absolute atomic E-state index is 0.136. The van der Waals surface area contributed by atoms with Gasteiger partial charge in [0.2, 0.25) is 15.8 Å². The molecule has 0 fully saturated rings. The molecule has 0 saturated carbocycles. The van der Waals surface area contributed by atoms with Crippen LogP contribution in [0.2, 0.25) is 0 Å². The summed E-state index contributed by atoms with van der Waals surface area (Å²) >= 11 is 4.71. The molecule has 0 saturated heterocycles. The first-order valence-corrected chi connectivity index (χ1v) is 12.5. The number of carbonyl (C=O) groups excluding carboxylic acids is 1. The molecule has 2 heterocycles. The molecule has 0 amide bonds. The van der Waals surface area contributed by atoms with Crippen molar-refractivity contribution in [2.45, 2.75) is 13.3 Å². The minimum atomic E-state index is -3.89. The molecule has 0 radical (unpaired) electrons. The summed E-state index contributed by atoms with van der Waals surface area (Å²) in [5.74, 6) is -3.65. The number of aromatic nitrogens is 3. The second-order valence-electron chi connectivity index (χ2n) is 7.67. The van der Waals surface area contributed by atoms with Crippen molar-refractivity contribution < 1.29 is 22.0 Å². The van der Waals surface area contributed by atoms with Crippen LogP contribution >= 0.6 is 0 Å². The number of rotatable bonds is 9. The van der Waals surface area contributed by atoms with Gasteiger partial charge in [0, 0.05) is 24.3 Å². The van der Waals surface area contributed by atoms with Crippen LogP contribution in [-0.2, 0) is 22.4 Å². The van der Waals surface area contributed by atoms with E-state index in [1.54, 1.807) is 25.1 Å². The molecule has 0 bridgehead atoms. The summed E-state index contributed by atoms with van der Waals surface area (Å²) in [5, 5.41) is 3.16. The van der Waals surface area contributed by atoms with E-state index in [0.29, 0.717) is 17.1 Å². The zero-order valence-corrected chi connectivity index (χ0v) is 20.3. The number of anilines is 4. The van der Waals surface area contributed by atoms with Crippen LogP contribution in [0.15, 0.2) is 47.2 Å². The fourth-order valence-electron chi connectivity index (χ4n) is 3.54. The number of nitrogen functional groups attached to an aromatic ring is 1. The van der Waals surface area contributed by atoms with Gasteiger partial charge in [-0.05, 0) is 36.8 Å². The number of nitrogens with zero attached hydrogens (tertiary/aromatic N) is 3. The molecule has 0 aliphatic heterocycles. The topological polar surface area (TPSA) is 155 Å². The summed E-state index contributed by atoms with van der Waals surface area (Å²) in [5.41, 5.74) is 5.62. The van der Waals surface area contributed by atoms with Crippen LogP contribution < -0.4 is 15.8 Å². The van der Waals surface area contributed by atoms with E-state index in [1.165, 1.54) is 12.5 Å². The molecule has 0 unspecified atom stereocenters. The maximum Gasteiger partial charge on any atom is 0.232 e. The fraction of sp³-hybridized carbons (Fsp3) is 0.136. The molecule has 5 N–H and O–H groups in total. The second-order valence-corrected chi connectivity index (χ2v) is 9.70. The molecule has 2 aromatic heterocycles. The monoisotopic (exact) mass is 531 g/mol. The molecular weight excluding hydrogens is 512 g/mol. The summed E-state index contributed by atoms with van der Waals surface area (Å²) in [6.07, 6.45) is 2.76. The number of aromatic amines is 1. The van der Waals surface area contributed by atoms with Gasteiger partial charge in [-0.3, -0.25) is 9.52 Å². The van der Waals surface area contributed by atoms with Gasteiger partial charge in [0.25, 0.3) is 0 Å². The SMILES string of the molecule is CCCS(=O)(=O)Nc1ccc(F)c(C(=O)c2c[nH]c3ncnc(Nc4ccc(N)c(N=S)c4)c23)c1F. The van der Waals surface area contributed by atoms with E-state index in [2.05, 4.69) is 29.4 Å². The molecule has 2 aromatic carbocycles. The number of ketones is 1. The standard InChI is InChI=1S/C22H19F2N7O3S2/c1-2-7-36(33,34)31-15-6-4-13(23)18(19(15)24)20(32)12-9-26-21-17(12)22(28-10-27-21)29-11-3-5-14(25)16(8-11)30-35/h3-6,8-10,31H,2,7,25H2,1H3,(H2,26,27,28,29). The number of nitrogens with one attached hydrogen (secondary N) is 3. The molecule has 0 spiro atoms. The van der Waals surface area contributed by atoms with E-state index in [0.717, 1.165) is 12.1 Å². The predicted octanol–water partition coefficient (Wildman–Crippen LogP) is 4.31. The number of carbonyl (C=O) groups is 1. The lowest BCUT2D eigenvalue weighted by atomic mass is 10.0. The molecule has 14 heteroatoms. The van der Waals surface area contributed by atoms with Crippen LogP contribution in [0.5, 0.6) is 0 Å². The highest BCUT2D eigenvalue weighted by atomic mass is 32.2. The van der Waals surface area contributed by atoms with Gasteiger partial charge in [-0.2, -0.15) is 4.36 Å². The lowest BCUT2D eigenvalue weighted by Crippen LogP contribution is -2.18. The average Bonchev–Trinajstić information content (AvgIpc) is 3.27. The van der Waals surface area contributed by atoms with Crippen molar-refractivity contribution in [2.24, 2.45) is 4.36 Å². The van der Waals surface area contributed by atoms with Crippen molar-refractivity contribution in [1.82, 2.24) is 15.0 Å². The van der Waals surface area contributed by atoms with Gasteiger partial charge < -0.3 is 16.0 Å². The van der Waals surface area contributed by atoms with Crippen molar-refractivity contribution in [2.75, 3.05) is 21.5 Å². The molecular formula is C22H19F2N7O3S2. The Morgan fingerprint density at radius 3 is 2.72 bits per heavy atom. The lowest BCUT2D eigenvalue weighted by molar-refractivity contribution is 0.103. The van der Waals surface area contributed by atoms with E-state index in [-0.39, 0.29) is 34.6 Å². The summed E-state index contributed by atoms with van der Waals surface area (Å²) in [6.45, 7) is 1.64. The van der Waals surface area contributed by atoms with Crippen LogP contribution in [-0.4, -0.2) is 34.9 Å². The Morgan fingerprint density at radius 2 is 2.00 bits per heavy atom. The van der Waals surface area contributed by atoms with Gasteiger partial charge in [0.1, 0.15) is 29.3 Å². The number of fused-ring (bicyclic) bond motifs is 1. The van der Waals surface area contributed by atoms with Crippen molar-refractivity contribution in [3.8, 4) is 0 Å². The highest BCUT2D eigenvalue weighted by molar-refractivity contribution is 7.92. The smallest absolute Gasteiger partial charge is 0.232 e. The first-order chi connectivity index (χ1) is 17.1. The third-order valence-electron chi connectivity index (χ3n) is 5.16. The highest BCUT2D eigenvalue weighted by Crippen LogP contribution is 2.32. The number of benzene rings is 2. The Kier molecular flexibility index (Phi) is 6.90. The Morgan fingerprint density at radius 1 is 1.22 bits per heavy atom. The normalized spacial score (nSPS) is 11.4. The molecule has 10 nitrogen and oxygen atoms in total. The molecule has 186 valence electrons. The van der Waals surface area contributed by atoms with Crippen LogP contribution in [0.4, 0.5) is 37.3 Å². The first-order valence-electron chi connectivity index (χ1n) is 10.5. The zero-order valence-electron chi connectivity index (χ0n) is 18.7. The van der Waals surface area contributed by atoms with Gasteiger partial charge in [-0.15, -0.1) is 0 Å². The third-order valence-corrected chi connectivity index (χ3v) is 6.84. The van der Waals surface area contributed by atoms with Crippen molar-refractivity contribution in [1.29, 1.82) is 0 Å². The Hall–Kier alpha value is -4.04. The summed E-state index contributed by atoms with van der Waals surface area (Å²) in [7, 11) is -3.89. The van der Waals surface area contributed by atoms with Crippen molar-refractivity contribution >= 4 is 67.8 Å². The molecule has 0 aliphatic carbocycles. The van der Waals surface area contributed by atoms with Gasteiger partial charge >= 0.3 is 0 Å². The van der Waals surface area contributed by atoms with Gasteiger partial charge in [0.15, 0.2) is 5.82 Å². The van der Waals surface area contributed by atoms with Crippen molar-refractivity contribution in [3.63, 3.8) is 0 Å². The summed E-state index contributed by atoms with van der Waals surface area (Å²) < 4.78 is 59.9. The first kappa shape index (κ1) is 25.1.